The molecular formula is C25H38O8. The van der Waals surface area contributed by atoms with E-state index >= 15 is 0 Å². The Bertz CT molecular complexity index is 815. The lowest BCUT2D eigenvalue weighted by molar-refractivity contribution is -0.353. The second-order valence-corrected chi connectivity index (χ2v) is 10.6. The molecule has 0 aromatic heterocycles. The third-order valence-electron chi connectivity index (χ3n) is 7.33. The van der Waals surface area contributed by atoms with Crippen molar-refractivity contribution in [3.8, 4) is 0 Å². The molecule has 0 spiro atoms. The van der Waals surface area contributed by atoms with Crippen LogP contribution in [0.4, 0.5) is 0 Å². The van der Waals surface area contributed by atoms with Crippen LogP contribution >= 0.6 is 0 Å². The molecule has 3 aliphatic rings. The van der Waals surface area contributed by atoms with Crippen LogP contribution in [-0.2, 0) is 23.8 Å². The average Bonchev–Trinajstić information content (AvgIpc) is 3.24. The Balaban J connectivity index is 1.98. The Hall–Kier alpha value is -1.58. The van der Waals surface area contributed by atoms with Crippen LogP contribution < -0.4 is 0 Å². The number of aliphatic hydroxyl groups is 3. The van der Waals surface area contributed by atoms with E-state index in [1.54, 1.807) is 20.8 Å². The summed E-state index contributed by atoms with van der Waals surface area (Å²) in [6, 6.07) is 0. The van der Waals surface area contributed by atoms with Crippen molar-refractivity contribution in [1.82, 2.24) is 0 Å². The van der Waals surface area contributed by atoms with Gasteiger partial charge in [-0.25, -0.2) is 4.79 Å². The van der Waals surface area contributed by atoms with Crippen LogP contribution in [0, 0.1) is 17.3 Å². The van der Waals surface area contributed by atoms with Gasteiger partial charge in [0.1, 0.15) is 12.2 Å². The monoisotopic (exact) mass is 466 g/mol. The van der Waals surface area contributed by atoms with Crippen molar-refractivity contribution in [3.63, 3.8) is 0 Å². The smallest absolute Gasteiger partial charge is 0.331 e. The van der Waals surface area contributed by atoms with Gasteiger partial charge in [0, 0.05) is 23.3 Å². The standard InChI is InChI=1S/C25H38O8/c1-13-9-10-24(5,6)19-8-7-17(31-19)22(29)25(30)23(15(3)11-18(33-25)21(13)28)32-20(27)12-14(2)16(4)26/h9-10,12-13,15-19,22-23,26,29-30H,7-8,11H2,1-6H3/b10-9+,14-12+/t13-,15+,16?,17+,18+,19-,22-,23+,25+/m0/s1. The molecule has 0 aliphatic carbocycles. The topological polar surface area (TPSA) is 123 Å². The summed E-state index contributed by atoms with van der Waals surface area (Å²) in [4.78, 5) is 25.7. The molecule has 8 nitrogen and oxygen atoms in total. The van der Waals surface area contributed by atoms with Crippen LogP contribution in [0.15, 0.2) is 23.8 Å². The molecule has 186 valence electrons. The second kappa shape index (κ2) is 9.58. The van der Waals surface area contributed by atoms with Crippen molar-refractivity contribution in [2.45, 2.75) is 103 Å². The summed E-state index contributed by atoms with van der Waals surface area (Å²) in [7, 11) is 0. The van der Waals surface area contributed by atoms with Gasteiger partial charge in [0.05, 0.1) is 18.3 Å². The van der Waals surface area contributed by atoms with Gasteiger partial charge in [-0.05, 0) is 38.7 Å². The maximum atomic E-state index is 13.2. The molecule has 4 bridgehead atoms. The van der Waals surface area contributed by atoms with E-state index in [4.69, 9.17) is 14.2 Å². The Morgan fingerprint density at radius 2 is 1.97 bits per heavy atom. The molecule has 3 aliphatic heterocycles. The summed E-state index contributed by atoms with van der Waals surface area (Å²) >= 11 is 0. The van der Waals surface area contributed by atoms with Gasteiger partial charge in [-0.15, -0.1) is 0 Å². The lowest BCUT2D eigenvalue weighted by Crippen LogP contribution is -2.66. The number of Topliss-reactive ketones (excluding diaryl/α,β-unsaturated/α-hetero) is 1. The van der Waals surface area contributed by atoms with Crippen LogP contribution in [0.2, 0.25) is 0 Å². The molecule has 0 radical (unpaired) electrons. The predicted molar refractivity (Wildman–Crippen MR) is 120 cm³/mol. The Kier molecular flexibility index (Phi) is 7.56. The molecule has 9 atom stereocenters. The van der Waals surface area contributed by atoms with Crippen molar-refractivity contribution in [2.75, 3.05) is 0 Å². The number of allylic oxidation sites excluding steroid dienone is 1. The van der Waals surface area contributed by atoms with E-state index in [9.17, 15) is 24.9 Å². The number of rotatable bonds is 3. The lowest BCUT2D eigenvalue weighted by Gasteiger charge is -2.48. The van der Waals surface area contributed by atoms with Crippen LogP contribution in [0.5, 0.6) is 0 Å². The number of esters is 1. The molecule has 0 amide bonds. The first-order valence-electron chi connectivity index (χ1n) is 11.8. The molecule has 3 N–H and O–H groups in total. The maximum Gasteiger partial charge on any atom is 0.331 e. The lowest BCUT2D eigenvalue weighted by atomic mass is 9.81. The van der Waals surface area contributed by atoms with E-state index < -0.39 is 54.1 Å². The average molecular weight is 467 g/mol. The fraction of sp³-hybridized carbons (Fsp3) is 0.760. The molecule has 0 saturated carbocycles. The van der Waals surface area contributed by atoms with E-state index in [1.807, 2.05) is 26.0 Å². The molecular weight excluding hydrogens is 428 g/mol. The number of ketones is 1. The third kappa shape index (κ3) is 5.25. The minimum atomic E-state index is -2.33. The zero-order valence-electron chi connectivity index (χ0n) is 20.4. The van der Waals surface area contributed by atoms with Crippen molar-refractivity contribution in [2.24, 2.45) is 17.3 Å². The molecule has 3 heterocycles. The van der Waals surface area contributed by atoms with Gasteiger partial charge in [0.25, 0.3) is 0 Å². The van der Waals surface area contributed by atoms with E-state index in [1.165, 1.54) is 6.92 Å². The highest BCUT2D eigenvalue weighted by Gasteiger charge is 2.59. The number of ether oxygens (including phenoxy) is 3. The first-order chi connectivity index (χ1) is 15.3. The third-order valence-corrected chi connectivity index (χ3v) is 7.33. The van der Waals surface area contributed by atoms with Gasteiger partial charge in [-0.3, -0.25) is 4.79 Å². The number of fused-ring (bicyclic) bond motifs is 4. The van der Waals surface area contributed by atoms with E-state index in [2.05, 4.69) is 0 Å². The highest BCUT2D eigenvalue weighted by molar-refractivity contribution is 5.87. The number of hydrogen-bond acceptors (Lipinski definition) is 8. The fourth-order valence-corrected chi connectivity index (χ4v) is 4.89. The molecule has 3 rings (SSSR count). The van der Waals surface area contributed by atoms with Crippen LogP contribution in [0.1, 0.15) is 60.8 Å². The van der Waals surface area contributed by atoms with Gasteiger partial charge in [0.15, 0.2) is 11.9 Å². The van der Waals surface area contributed by atoms with E-state index in [-0.39, 0.29) is 23.7 Å². The normalized spacial score (nSPS) is 43.2. The highest BCUT2D eigenvalue weighted by atomic mass is 16.7. The van der Waals surface area contributed by atoms with Crippen molar-refractivity contribution < 1.29 is 39.1 Å². The van der Waals surface area contributed by atoms with Crippen LogP contribution in [-0.4, -0.2) is 69.5 Å². The minimum absolute atomic E-state index is 0.206. The molecule has 8 heteroatoms. The van der Waals surface area contributed by atoms with E-state index in [0.717, 1.165) is 6.08 Å². The summed E-state index contributed by atoms with van der Waals surface area (Å²) in [6.45, 7) is 10.7. The summed E-state index contributed by atoms with van der Waals surface area (Å²) < 4.78 is 17.6. The predicted octanol–water partition coefficient (Wildman–Crippen LogP) is 2.05. The van der Waals surface area contributed by atoms with Crippen molar-refractivity contribution in [3.05, 3.63) is 23.8 Å². The Morgan fingerprint density at radius 3 is 2.61 bits per heavy atom. The molecule has 0 aromatic rings. The van der Waals surface area contributed by atoms with Crippen molar-refractivity contribution >= 4 is 11.8 Å². The van der Waals surface area contributed by atoms with Gasteiger partial charge >= 0.3 is 5.97 Å². The number of carbonyl (C=O) groups excluding carboxylic acids is 2. The zero-order chi connectivity index (χ0) is 24.7. The number of hydrogen-bond donors (Lipinski definition) is 3. The molecule has 1 unspecified atom stereocenters. The van der Waals surface area contributed by atoms with Crippen molar-refractivity contribution in [1.29, 1.82) is 0 Å². The Morgan fingerprint density at radius 1 is 1.30 bits per heavy atom. The van der Waals surface area contributed by atoms with Gasteiger partial charge < -0.3 is 29.5 Å². The minimum Gasteiger partial charge on any atom is -0.453 e. The highest BCUT2D eigenvalue weighted by Crippen LogP contribution is 2.43. The molecule has 33 heavy (non-hydrogen) atoms. The summed E-state index contributed by atoms with van der Waals surface area (Å²) in [5.41, 5.74) is 0.0250. The molecule has 2 saturated heterocycles. The van der Waals surface area contributed by atoms with E-state index in [0.29, 0.717) is 18.4 Å². The SMILES string of the molecule is C/C(=C\C(=O)O[C@@H]1[C@H](C)C[C@H]2O[C@]1(O)[C@@H](O)[C@H]1CC[C@H](O1)C(C)(C)/C=C/[C@H](C)C2=O)C(C)O. The number of carbonyl (C=O) groups is 2. The van der Waals surface area contributed by atoms with Gasteiger partial charge in [-0.1, -0.05) is 39.8 Å². The largest absolute Gasteiger partial charge is 0.453 e. The quantitative estimate of drug-likeness (QED) is 0.328. The maximum absolute atomic E-state index is 13.2. The van der Waals surface area contributed by atoms with Crippen LogP contribution in [0.3, 0.4) is 0 Å². The Labute approximate surface area is 195 Å². The molecule has 2 fully saturated rings. The summed E-state index contributed by atoms with van der Waals surface area (Å²) in [6.07, 6.45) is 0.820. The molecule has 0 aromatic carbocycles. The van der Waals surface area contributed by atoms with Crippen LogP contribution in [0.25, 0.3) is 0 Å². The first kappa shape index (κ1) is 26.0. The first-order valence-corrected chi connectivity index (χ1v) is 11.8. The van der Waals surface area contributed by atoms with Gasteiger partial charge in [0.2, 0.25) is 5.79 Å². The summed E-state index contributed by atoms with van der Waals surface area (Å²) in [5.74, 6) is -4.25. The number of aliphatic hydroxyl groups excluding tert-OH is 2. The fourth-order valence-electron chi connectivity index (χ4n) is 4.89. The second-order valence-electron chi connectivity index (χ2n) is 10.6. The zero-order valence-corrected chi connectivity index (χ0v) is 20.4. The van der Waals surface area contributed by atoms with Gasteiger partial charge in [-0.2, -0.15) is 0 Å². The summed E-state index contributed by atoms with van der Waals surface area (Å²) in [5, 5.41) is 32.6.